The van der Waals surface area contributed by atoms with E-state index >= 15 is 0 Å². The molecule has 0 aromatic heterocycles. The molecule has 0 bridgehead atoms. The third kappa shape index (κ3) is 1.98. The molecule has 1 aromatic rings. The molecule has 1 aromatic carbocycles. The van der Waals surface area contributed by atoms with Crippen LogP contribution in [-0.4, -0.2) is 42.2 Å². The highest BCUT2D eigenvalue weighted by molar-refractivity contribution is 6.01. The number of amides is 1. The Hall–Kier alpha value is -1.98. The lowest BCUT2D eigenvalue weighted by atomic mass is 9.99. The monoisotopic (exact) mass is 393 g/mol. The van der Waals surface area contributed by atoms with Crippen LogP contribution in [0, 0.1) is 0 Å². The number of nitrogens with zero attached hydrogens (tertiary/aromatic N) is 1. The van der Waals surface area contributed by atoms with Crippen LogP contribution in [0.4, 0.5) is 45.2 Å². The van der Waals surface area contributed by atoms with Gasteiger partial charge in [0.15, 0.2) is 0 Å². The van der Waals surface area contributed by atoms with Gasteiger partial charge in [-0.15, -0.1) is 0 Å². The zero-order valence-electron chi connectivity index (χ0n) is 12.4. The van der Waals surface area contributed by atoms with E-state index in [-0.39, 0.29) is 17.0 Å². The maximum atomic E-state index is 14.2. The molecule has 1 fully saturated rings. The fourth-order valence-electron chi connectivity index (χ4n) is 2.81. The van der Waals surface area contributed by atoms with Crippen molar-refractivity contribution in [3.63, 3.8) is 0 Å². The van der Waals surface area contributed by atoms with Gasteiger partial charge in [0.1, 0.15) is 0 Å². The number of para-hydroxylation sites is 1. The summed E-state index contributed by atoms with van der Waals surface area (Å²) in [5.74, 6) is -28.2. The van der Waals surface area contributed by atoms with Gasteiger partial charge in [0.25, 0.3) is 0 Å². The van der Waals surface area contributed by atoms with Crippen molar-refractivity contribution in [2.45, 2.75) is 36.2 Å². The molecule has 12 heteroatoms. The quantitative estimate of drug-likeness (QED) is 0.717. The van der Waals surface area contributed by atoms with Gasteiger partial charge in [0.2, 0.25) is 0 Å². The van der Waals surface area contributed by atoms with Gasteiger partial charge in [0.05, 0.1) is 0 Å². The molecule has 0 aliphatic carbocycles. The highest BCUT2D eigenvalue weighted by Gasteiger charge is 2.96. The van der Waals surface area contributed by atoms with Crippen LogP contribution in [-0.2, 0) is 16.0 Å². The van der Waals surface area contributed by atoms with Crippen LogP contribution >= 0.6 is 0 Å². The second-order valence-corrected chi connectivity index (χ2v) is 5.77. The summed E-state index contributed by atoms with van der Waals surface area (Å²) in [6, 6.07) is 5.28. The molecule has 0 radical (unpaired) electrons. The van der Waals surface area contributed by atoms with Gasteiger partial charge in [-0.2, -0.15) is 39.5 Å². The lowest BCUT2D eigenvalue weighted by molar-refractivity contribution is -0.366. The van der Waals surface area contributed by atoms with Crippen LogP contribution in [0.1, 0.15) is 5.56 Å². The number of benzene rings is 1. The van der Waals surface area contributed by atoms with E-state index in [0.717, 1.165) is 6.07 Å². The summed E-state index contributed by atoms with van der Waals surface area (Å²) in [7, 11) is 0. The third-order valence-corrected chi connectivity index (χ3v) is 4.24. The average molecular weight is 393 g/mol. The van der Waals surface area contributed by atoms with Crippen molar-refractivity contribution in [1.82, 2.24) is 0 Å². The van der Waals surface area contributed by atoms with Crippen molar-refractivity contribution >= 4 is 11.6 Å². The normalized spacial score (nSPS) is 28.9. The number of halogens is 9. The molecule has 1 amide bonds. The molecule has 3 nitrogen and oxygen atoms in total. The number of rotatable bonds is 2. The first kappa shape index (κ1) is 18.8. The summed E-state index contributed by atoms with van der Waals surface area (Å²) in [5, 5.41) is 0. The minimum Gasteiger partial charge on any atom is -0.306 e. The van der Waals surface area contributed by atoms with E-state index in [1.165, 1.54) is 18.2 Å². The summed E-state index contributed by atoms with van der Waals surface area (Å²) in [6.07, 6.45) is -6.27. The molecule has 26 heavy (non-hydrogen) atoms. The fourth-order valence-corrected chi connectivity index (χ4v) is 2.81. The van der Waals surface area contributed by atoms with Gasteiger partial charge >= 0.3 is 35.6 Å². The number of carbonyl (C=O) groups excluding carboxylic acids is 1. The zero-order chi connectivity index (χ0) is 19.8. The van der Waals surface area contributed by atoms with Gasteiger partial charge < -0.3 is 4.90 Å². The van der Waals surface area contributed by atoms with Crippen LogP contribution < -0.4 is 4.90 Å². The summed E-state index contributed by atoms with van der Waals surface area (Å²) in [6.45, 7) is -0.512. The van der Waals surface area contributed by atoms with Gasteiger partial charge in [-0.05, 0) is 18.1 Å². The minimum atomic E-state index is -6.68. The topological polar surface area (TPSA) is 29.5 Å². The van der Waals surface area contributed by atoms with Crippen molar-refractivity contribution in [1.29, 1.82) is 0 Å². The largest absolute Gasteiger partial charge is 0.428 e. The van der Waals surface area contributed by atoms with Gasteiger partial charge in [-0.3, -0.25) is 9.53 Å². The van der Waals surface area contributed by atoms with Crippen LogP contribution in [0.3, 0.4) is 0 Å². The molecule has 144 valence electrons. The predicted molar refractivity (Wildman–Crippen MR) is 67.2 cm³/mol. The van der Waals surface area contributed by atoms with Crippen molar-refractivity contribution < 1.29 is 49.0 Å². The molecule has 2 heterocycles. The number of hydrogen-bond acceptors (Lipinski definition) is 2. The molecule has 1 atom stereocenters. The molecule has 0 spiro atoms. The second-order valence-electron chi connectivity index (χ2n) is 5.77. The maximum Gasteiger partial charge on any atom is 0.428 e. The van der Waals surface area contributed by atoms with Crippen molar-refractivity contribution in [2.24, 2.45) is 0 Å². The van der Waals surface area contributed by atoms with Gasteiger partial charge in [-0.1, -0.05) is 18.2 Å². The van der Waals surface area contributed by atoms with E-state index < -0.39 is 42.2 Å². The molecule has 0 N–H and O–H groups in total. The molecule has 1 unspecified atom stereocenters. The number of ether oxygens (including phenoxy) is 1. The summed E-state index contributed by atoms with van der Waals surface area (Å²) >= 11 is 0. The SMILES string of the molecule is O=C(N1CCc2ccccc21)C(F)(F)C1(F)OC(F)(F)C(F)(F)C1(F)F. The number of hydrogen-bond donors (Lipinski definition) is 0. The Labute approximate surface area is 139 Å². The van der Waals surface area contributed by atoms with E-state index in [1.807, 2.05) is 0 Å². The molecule has 0 saturated carbocycles. The molecular formula is C14H8F9NO2. The maximum absolute atomic E-state index is 14.2. The van der Waals surface area contributed by atoms with Crippen LogP contribution in [0.5, 0.6) is 0 Å². The lowest BCUT2D eigenvalue weighted by Gasteiger charge is -2.33. The summed E-state index contributed by atoms with van der Waals surface area (Å²) < 4.78 is 124. The van der Waals surface area contributed by atoms with E-state index in [2.05, 4.69) is 4.74 Å². The first-order valence-electron chi connectivity index (χ1n) is 7.01. The Morgan fingerprint density at radius 2 is 1.58 bits per heavy atom. The molecule has 3 rings (SSSR count). The average Bonchev–Trinajstić information content (AvgIpc) is 2.99. The fraction of sp³-hybridized carbons (Fsp3) is 0.500. The summed E-state index contributed by atoms with van der Waals surface area (Å²) in [4.78, 5) is 12.1. The first-order chi connectivity index (χ1) is 11.7. The lowest BCUT2D eigenvalue weighted by Crippen LogP contribution is -2.65. The highest BCUT2D eigenvalue weighted by Crippen LogP contribution is 2.64. The van der Waals surface area contributed by atoms with E-state index in [1.54, 1.807) is 0 Å². The van der Waals surface area contributed by atoms with Crippen LogP contribution in [0.2, 0.25) is 0 Å². The Morgan fingerprint density at radius 1 is 1.00 bits per heavy atom. The molecular weight excluding hydrogens is 385 g/mol. The van der Waals surface area contributed by atoms with E-state index in [9.17, 15) is 44.3 Å². The zero-order valence-corrected chi connectivity index (χ0v) is 12.4. The number of alkyl halides is 9. The molecule has 1 saturated heterocycles. The van der Waals surface area contributed by atoms with Crippen LogP contribution in [0.15, 0.2) is 24.3 Å². The molecule has 2 aliphatic rings. The number of anilines is 1. The van der Waals surface area contributed by atoms with Crippen molar-refractivity contribution in [2.75, 3.05) is 11.4 Å². The van der Waals surface area contributed by atoms with Gasteiger partial charge in [-0.25, -0.2) is 0 Å². The highest BCUT2D eigenvalue weighted by atomic mass is 19.4. The first-order valence-corrected chi connectivity index (χ1v) is 7.01. The smallest absolute Gasteiger partial charge is 0.306 e. The summed E-state index contributed by atoms with van der Waals surface area (Å²) in [5.41, 5.74) is 0.111. The van der Waals surface area contributed by atoms with Crippen LogP contribution in [0.25, 0.3) is 0 Å². The predicted octanol–water partition coefficient (Wildman–Crippen LogP) is 3.77. The number of fused-ring (bicyclic) bond motifs is 1. The van der Waals surface area contributed by atoms with E-state index in [4.69, 9.17) is 0 Å². The Kier molecular flexibility index (Phi) is 3.65. The Bertz CT molecular complexity index is 767. The second kappa shape index (κ2) is 5.05. The van der Waals surface area contributed by atoms with Crippen molar-refractivity contribution in [3.05, 3.63) is 29.8 Å². The third-order valence-electron chi connectivity index (χ3n) is 4.24. The Balaban J connectivity index is 2.04. The minimum absolute atomic E-state index is 0.0130. The van der Waals surface area contributed by atoms with Gasteiger partial charge in [0, 0.05) is 12.2 Å². The van der Waals surface area contributed by atoms with Crippen molar-refractivity contribution in [3.8, 4) is 0 Å². The molecule has 2 aliphatic heterocycles. The number of carbonyl (C=O) groups is 1. The standard InChI is InChI=1S/C14H8F9NO2/c15-10(16,9(25)24-6-5-7-3-1-2-4-8(7)24)13(21)11(17,18)12(19,20)14(22,23)26-13/h1-4H,5-6H2. The Morgan fingerprint density at radius 3 is 2.12 bits per heavy atom. The van der Waals surface area contributed by atoms with E-state index in [0.29, 0.717) is 5.56 Å².